The van der Waals surface area contributed by atoms with E-state index in [1.54, 1.807) is 7.11 Å². The summed E-state index contributed by atoms with van der Waals surface area (Å²) >= 11 is 0. The van der Waals surface area contributed by atoms with Gasteiger partial charge in [-0.1, -0.05) is 6.07 Å². The van der Waals surface area contributed by atoms with Gasteiger partial charge in [0.15, 0.2) is 0 Å². The minimum Gasteiger partial charge on any atom is -0.382 e. The molecule has 1 aromatic carbocycles. The number of H-pyrrole nitrogens is 1. The summed E-state index contributed by atoms with van der Waals surface area (Å²) in [5.74, 6) is -0.0812. The van der Waals surface area contributed by atoms with Crippen LogP contribution >= 0.6 is 0 Å². The van der Waals surface area contributed by atoms with E-state index in [9.17, 15) is 4.79 Å². The summed E-state index contributed by atoms with van der Waals surface area (Å²) in [5, 5.41) is 3.91. The second kappa shape index (κ2) is 4.82. The lowest BCUT2D eigenvalue weighted by Gasteiger charge is -2.25. The van der Waals surface area contributed by atoms with Crippen LogP contribution in [0.1, 0.15) is 24.2 Å². The molecule has 0 fully saturated rings. The molecule has 0 aliphatic heterocycles. The first kappa shape index (κ1) is 12.6. The minimum absolute atomic E-state index is 0.0812. The highest BCUT2D eigenvalue weighted by atomic mass is 16.5. The van der Waals surface area contributed by atoms with Crippen LogP contribution in [0.15, 0.2) is 30.5 Å². The highest BCUT2D eigenvalue weighted by Crippen LogP contribution is 2.18. The number of benzene rings is 1. The SMILES string of the molecule is COCC(C)(C)NC(=O)c1cccc2[nH]ccc12. The molecular formula is C14H18N2O2. The van der Waals surface area contributed by atoms with E-state index in [4.69, 9.17) is 4.74 Å². The predicted octanol–water partition coefficient (Wildman–Crippen LogP) is 2.32. The first-order chi connectivity index (χ1) is 8.53. The third-order valence-corrected chi connectivity index (χ3v) is 2.80. The molecule has 0 unspecified atom stereocenters. The van der Waals surface area contributed by atoms with Crippen molar-refractivity contribution in [3.8, 4) is 0 Å². The van der Waals surface area contributed by atoms with Crippen LogP contribution in [-0.4, -0.2) is 30.1 Å². The van der Waals surface area contributed by atoms with Crippen molar-refractivity contribution in [2.75, 3.05) is 13.7 Å². The Kier molecular flexibility index (Phi) is 3.39. The number of amides is 1. The van der Waals surface area contributed by atoms with Gasteiger partial charge in [0.1, 0.15) is 0 Å². The monoisotopic (exact) mass is 246 g/mol. The molecule has 0 spiro atoms. The Morgan fingerprint density at radius 1 is 1.39 bits per heavy atom. The molecule has 96 valence electrons. The van der Waals surface area contributed by atoms with Gasteiger partial charge in [-0.3, -0.25) is 4.79 Å². The highest BCUT2D eigenvalue weighted by Gasteiger charge is 2.22. The van der Waals surface area contributed by atoms with Gasteiger partial charge in [-0.05, 0) is 32.0 Å². The van der Waals surface area contributed by atoms with E-state index in [1.165, 1.54) is 0 Å². The van der Waals surface area contributed by atoms with Crippen molar-refractivity contribution in [2.45, 2.75) is 19.4 Å². The summed E-state index contributed by atoms with van der Waals surface area (Å²) in [5.41, 5.74) is 1.26. The Hall–Kier alpha value is -1.81. The molecule has 1 heterocycles. The van der Waals surface area contributed by atoms with Gasteiger partial charge in [-0.15, -0.1) is 0 Å². The number of hydrogen-bond donors (Lipinski definition) is 2. The molecule has 1 aromatic heterocycles. The van der Waals surface area contributed by atoms with Gasteiger partial charge in [0.2, 0.25) is 0 Å². The number of fused-ring (bicyclic) bond motifs is 1. The van der Waals surface area contributed by atoms with Gasteiger partial charge in [-0.25, -0.2) is 0 Å². The highest BCUT2D eigenvalue weighted by molar-refractivity contribution is 6.06. The van der Waals surface area contributed by atoms with Crippen LogP contribution in [0, 0.1) is 0 Å². The second-order valence-corrected chi connectivity index (χ2v) is 5.02. The standard InChI is InChI=1S/C14H18N2O2/c1-14(2,9-18-3)16-13(17)11-5-4-6-12-10(11)7-8-15-12/h4-8,15H,9H2,1-3H3,(H,16,17). The normalized spacial score (nSPS) is 11.7. The zero-order chi connectivity index (χ0) is 13.2. The number of aromatic nitrogens is 1. The summed E-state index contributed by atoms with van der Waals surface area (Å²) in [6.07, 6.45) is 1.84. The zero-order valence-corrected chi connectivity index (χ0v) is 10.9. The molecule has 4 nitrogen and oxygen atoms in total. The molecule has 0 aliphatic rings. The maximum Gasteiger partial charge on any atom is 0.252 e. The maximum absolute atomic E-state index is 12.3. The van der Waals surface area contributed by atoms with Crippen LogP contribution < -0.4 is 5.32 Å². The average Bonchev–Trinajstić information content (AvgIpc) is 2.75. The fraction of sp³-hybridized carbons (Fsp3) is 0.357. The van der Waals surface area contributed by atoms with Gasteiger partial charge in [0.25, 0.3) is 5.91 Å². The molecule has 18 heavy (non-hydrogen) atoms. The van der Waals surface area contributed by atoms with Gasteiger partial charge in [0.05, 0.1) is 12.1 Å². The quantitative estimate of drug-likeness (QED) is 0.870. The van der Waals surface area contributed by atoms with Crippen LogP contribution in [0.5, 0.6) is 0 Å². The van der Waals surface area contributed by atoms with Crippen LogP contribution in [0.25, 0.3) is 10.9 Å². The topological polar surface area (TPSA) is 54.1 Å². The summed E-state index contributed by atoms with van der Waals surface area (Å²) < 4.78 is 5.09. The Bertz CT molecular complexity index is 558. The number of nitrogens with one attached hydrogen (secondary N) is 2. The van der Waals surface area contributed by atoms with E-state index < -0.39 is 0 Å². The molecular weight excluding hydrogens is 228 g/mol. The fourth-order valence-corrected chi connectivity index (χ4v) is 2.06. The molecule has 0 saturated carbocycles. The van der Waals surface area contributed by atoms with E-state index in [0.29, 0.717) is 12.2 Å². The third-order valence-electron chi connectivity index (χ3n) is 2.80. The summed E-state index contributed by atoms with van der Waals surface area (Å²) in [6, 6.07) is 7.56. The van der Waals surface area contributed by atoms with Crippen LogP contribution in [0.2, 0.25) is 0 Å². The first-order valence-corrected chi connectivity index (χ1v) is 5.91. The number of carbonyl (C=O) groups is 1. The lowest BCUT2D eigenvalue weighted by atomic mass is 10.0. The number of aromatic amines is 1. The van der Waals surface area contributed by atoms with Crippen molar-refractivity contribution in [3.63, 3.8) is 0 Å². The lowest BCUT2D eigenvalue weighted by molar-refractivity contribution is 0.0821. The summed E-state index contributed by atoms with van der Waals surface area (Å²) in [4.78, 5) is 15.4. The molecule has 0 aliphatic carbocycles. The van der Waals surface area contributed by atoms with E-state index in [2.05, 4.69) is 10.3 Å². The first-order valence-electron chi connectivity index (χ1n) is 5.91. The van der Waals surface area contributed by atoms with Gasteiger partial charge in [0, 0.05) is 29.8 Å². The molecule has 2 aromatic rings. The molecule has 0 radical (unpaired) electrons. The van der Waals surface area contributed by atoms with Gasteiger partial charge in [-0.2, -0.15) is 0 Å². The van der Waals surface area contributed by atoms with Crippen LogP contribution in [0.4, 0.5) is 0 Å². The molecule has 0 bridgehead atoms. The van der Waals surface area contributed by atoms with Crippen molar-refractivity contribution in [1.29, 1.82) is 0 Å². The maximum atomic E-state index is 12.3. The van der Waals surface area contributed by atoms with E-state index in [1.807, 2.05) is 44.3 Å². The summed E-state index contributed by atoms with van der Waals surface area (Å²) in [7, 11) is 1.63. The van der Waals surface area contributed by atoms with Crippen molar-refractivity contribution in [1.82, 2.24) is 10.3 Å². The Morgan fingerprint density at radius 2 is 2.17 bits per heavy atom. The third kappa shape index (κ3) is 2.54. The molecule has 0 saturated heterocycles. The average molecular weight is 246 g/mol. The van der Waals surface area contributed by atoms with Gasteiger partial charge >= 0.3 is 0 Å². The molecule has 2 N–H and O–H groups in total. The van der Waals surface area contributed by atoms with Crippen molar-refractivity contribution in [2.24, 2.45) is 0 Å². The van der Waals surface area contributed by atoms with Crippen molar-refractivity contribution >= 4 is 16.8 Å². The number of hydrogen-bond acceptors (Lipinski definition) is 2. The van der Waals surface area contributed by atoms with Crippen molar-refractivity contribution in [3.05, 3.63) is 36.0 Å². The minimum atomic E-state index is -0.385. The predicted molar refractivity (Wildman–Crippen MR) is 71.7 cm³/mol. The number of ether oxygens (including phenoxy) is 1. The van der Waals surface area contributed by atoms with E-state index in [-0.39, 0.29) is 11.4 Å². The smallest absolute Gasteiger partial charge is 0.252 e. The van der Waals surface area contributed by atoms with Crippen LogP contribution in [0.3, 0.4) is 0 Å². The summed E-state index contributed by atoms with van der Waals surface area (Å²) in [6.45, 7) is 4.35. The number of carbonyl (C=O) groups excluding carboxylic acids is 1. The second-order valence-electron chi connectivity index (χ2n) is 5.02. The van der Waals surface area contributed by atoms with Crippen LogP contribution in [-0.2, 0) is 4.74 Å². The number of methoxy groups -OCH3 is 1. The molecule has 2 rings (SSSR count). The Labute approximate surface area is 106 Å². The Balaban J connectivity index is 2.26. The fourth-order valence-electron chi connectivity index (χ4n) is 2.06. The van der Waals surface area contributed by atoms with Gasteiger partial charge < -0.3 is 15.0 Å². The largest absolute Gasteiger partial charge is 0.382 e. The molecule has 0 atom stereocenters. The Morgan fingerprint density at radius 3 is 2.89 bits per heavy atom. The van der Waals surface area contributed by atoms with E-state index in [0.717, 1.165) is 10.9 Å². The lowest BCUT2D eigenvalue weighted by Crippen LogP contribution is -2.46. The van der Waals surface area contributed by atoms with E-state index >= 15 is 0 Å². The molecule has 4 heteroatoms. The number of rotatable bonds is 4. The molecule has 1 amide bonds. The van der Waals surface area contributed by atoms with Crippen molar-refractivity contribution < 1.29 is 9.53 Å². The zero-order valence-electron chi connectivity index (χ0n) is 10.9.